The number of rotatable bonds is 4. The van der Waals surface area contributed by atoms with Crippen LogP contribution in [0.5, 0.6) is 5.75 Å². The number of alkyl halides is 6. The van der Waals surface area contributed by atoms with Crippen LogP contribution in [0.15, 0.2) is 42.5 Å². The Morgan fingerprint density at radius 3 is 2.33 bits per heavy atom. The van der Waals surface area contributed by atoms with Gasteiger partial charge in [0.15, 0.2) is 0 Å². The molecule has 2 aliphatic rings. The molecule has 1 N–H and O–H groups in total. The number of benzene rings is 2. The van der Waals surface area contributed by atoms with Crippen LogP contribution in [0.1, 0.15) is 35.6 Å². The van der Waals surface area contributed by atoms with Crippen LogP contribution in [0.25, 0.3) is 0 Å². The van der Waals surface area contributed by atoms with E-state index in [0.29, 0.717) is 6.42 Å². The van der Waals surface area contributed by atoms with E-state index >= 15 is 0 Å². The Morgan fingerprint density at radius 2 is 1.73 bits per heavy atom. The van der Waals surface area contributed by atoms with Crippen LogP contribution in [0.3, 0.4) is 0 Å². The third-order valence-corrected chi connectivity index (χ3v) is 6.49. The molecule has 4 rings (SSSR count). The molecule has 0 radical (unpaired) electrons. The van der Waals surface area contributed by atoms with Crippen molar-refractivity contribution in [2.24, 2.45) is 0 Å². The summed E-state index contributed by atoms with van der Waals surface area (Å²) in [7, 11) is 3.00. The maximum absolute atomic E-state index is 13.8. The number of methoxy groups -OCH3 is 1. The fourth-order valence-corrected chi connectivity index (χ4v) is 4.86. The maximum Gasteiger partial charge on any atom is 0.430 e. The topological polar surface area (TPSA) is 33.7 Å². The van der Waals surface area contributed by atoms with Gasteiger partial charge in [-0.25, -0.2) is 0 Å². The molecule has 1 saturated heterocycles. The van der Waals surface area contributed by atoms with Crippen LogP contribution in [0, 0.1) is 0 Å². The van der Waals surface area contributed by atoms with Crippen LogP contribution in [-0.4, -0.2) is 39.1 Å². The second kappa shape index (κ2) is 8.39. The van der Waals surface area contributed by atoms with Gasteiger partial charge in [0.1, 0.15) is 5.75 Å². The van der Waals surface area contributed by atoms with Gasteiger partial charge in [0, 0.05) is 18.7 Å². The first-order chi connectivity index (χ1) is 15.5. The van der Waals surface area contributed by atoms with Gasteiger partial charge >= 0.3 is 12.4 Å². The Kier molecular flexibility index (Phi) is 6.03. The molecule has 1 fully saturated rings. The molecule has 0 spiro atoms. The van der Waals surface area contributed by atoms with Gasteiger partial charge in [-0.15, -0.1) is 0 Å². The zero-order valence-electron chi connectivity index (χ0n) is 18.1. The normalized spacial score (nSPS) is 22.7. The van der Waals surface area contributed by atoms with Crippen molar-refractivity contribution < 1.29 is 35.8 Å². The summed E-state index contributed by atoms with van der Waals surface area (Å²) in [6.45, 7) is -0.0589. The Morgan fingerprint density at radius 1 is 1.06 bits per heavy atom. The van der Waals surface area contributed by atoms with Crippen molar-refractivity contribution in [3.63, 3.8) is 0 Å². The SMILES string of the molecule is COc1cc2c(cc1N(C)[C@H]1CCCN[C@H]1c1ccccc1)C(C(F)(F)F)(C(F)(F)F)OC2. The molecule has 0 amide bonds. The van der Waals surface area contributed by atoms with E-state index in [1.54, 1.807) is 11.9 Å². The number of anilines is 1. The highest BCUT2D eigenvalue weighted by molar-refractivity contribution is 5.64. The molecule has 2 aromatic carbocycles. The van der Waals surface area contributed by atoms with E-state index in [4.69, 9.17) is 4.74 Å². The Labute approximate surface area is 187 Å². The largest absolute Gasteiger partial charge is 0.495 e. The highest BCUT2D eigenvalue weighted by atomic mass is 19.4. The number of hydrogen-bond donors (Lipinski definition) is 1. The van der Waals surface area contributed by atoms with Crippen molar-refractivity contribution in [3.8, 4) is 5.75 Å². The van der Waals surface area contributed by atoms with Gasteiger partial charge < -0.3 is 19.7 Å². The summed E-state index contributed by atoms with van der Waals surface area (Å²) >= 11 is 0. The summed E-state index contributed by atoms with van der Waals surface area (Å²) in [6, 6.07) is 11.3. The molecule has 180 valence electrons. The van der Waals surface area contributed by atoms with E-state index in [-0.39, 0.29) is 29.1 Å². The molecule has 0 bridgehead atoms. The van der Waals surface area contributed by atoms with Gasteiger partial charge in [0.2, 0.25) is 0 Å². The average molecular weight is 474 g/mol. The highest BCUT2D eigenvalue weighted by Crippen LogP contribution is 2.58. The van der Waals surface area contributed by atoms with Crippen molar-refractivity contribution in [1.29, 1.82) is 0 Å². The molecular weight excluding hydrogens is 450 g/mol. The molecule has 33 heavy (non-hydrogen) atoms. The van der Waals surface area contributed by atoms with E-state index in [1.807, 2.05) is 30.3 Å². The van der Waals surface area contributed by atoms with Crippen molar-refractivity contribution in [2.75, 3.05) is 25.6 Å². The summed E-state index contributed by atoms with van der Waals surface area (Å²) in [5, 5.41) is 3.42. The fourth-order valence-electron chi connectivity index (χ4n) is 4.86. The van der Waals surface area contributed by atoms with Gasteiger partial charge in [-0.05, 0) is 42.6 Å². The van der Waals surface area contributed by atoms with E-state index in [1.165, 1.54) is 13.2 Å². The number of fused-ring (bicyclic) bond motifs is 1. The third kappa shape index (κ3) is 3.82. The number of nitrogens with one attached hydrogen (secondary N) is 1. The smallest absolute Gasteiger partial charge is 0.430 e. The fraction of sp³-hybridized carbons (Fsp3) is 0.478. The minimum absolute atomic E-state index is 0.147. The summed E-state index contributed by atoms with van der Waals surface area (Å²) in [5.41, 5.74) is -4.38. The third-order valence-electron chi connectivity index (χ3n) is 6.49. The first kappa shape index (κ1) is 23.7. The molecule has 2 heterocycles. The lowest BCUT2D eigenvalue weighted by Gasteiger charge is -2.41. The minimum atomic E-state index is -5.68. The predicted octanol–water partition coefficient (Wildman–Crippen LogP) is 5.47. The molecular formula is C23H24F6N2O2. The summed E-state index contributed by atoms with van der Waals surface area (Å²) < 4.78 is 92.9. The van der Waals surface area contributed by atoms with Crippen LogP contribution in [0.4, 0.5) is 32.0 Å². The minimum Gasteiger partial charge on any atom is -0.495 e. The van der Waals surface area contributed by atoms with E-state index in [2.05, 4.69) is 10.1 Å². The van der Waals surface area contributed by atoms with E-state index in [0.717, 1.165) is 24.6 Å². The number of likely N-dealkylation sites (N-methyl/N-ethyl adjacent to an activating group) is 1. The van der Waals surface area contributed by atoms with Crippen molar-refractivity contribution in [1.82, 2.24) is 5.32 Å². The number of nitrogens with zero attached hydrogens (tertiary/aromatic N) is 1. The molecule has 10 heteroatoms. The quantitative estimate of drug-likeness (QED) is 0.596. The summed E-state index contributed by atoms with van der Waals surface area (Å²) in [6.07, 6.45) is -9.85. The van der Waals surface area contributed by atoms with Crippen molar-refractivity contribution >= 4 is 5.69 Å². The van der Waals surface area contributed by atoms with Crippen molar-refractivity contribution in [2.45, 2.75) is 49.5 Å². The Bertz CT molecular complexity index is 979. The van der Waals surface area contributed by atoms with Crippen molar-refractivity contribution in [3.05, 3.63) is 59.2 Å². The van der Waals surface area contributed by atoms with Gasteiger partial charge in [-0.1, -0.05) is 30.3 Å². The molecule has 2 aromatic rings. The van der Waals surface area contributed by atoms with Crippen LogP contribution >= 0.6 is 0 Å². The first-order valence-electron chi connectivity index (χ1n) is 10.5. The van der Waals surface area contributed by atoms with Gasteiger partial charge in [0.05, 0.1) is 25.4 Å². The zero-order chi connectivity index (χ0) is 24.0. The van der Waals surface area contributed by atoms with Gasteiger partial charge in [-0.2, -0.15) is 26.3 Å². The Balaban J connectivity index is 1.82. The molecule has 2 aliphatic heterocycles. The number of hydrogen-bond acceptors (Lipinski definition) is 4. The number of piperidine rings is 1. The second-order valence-corrected chi connectivity index (χ2v) is 8.31. The standard InChI is InChI=1S/C23H24F6N2O2/c1-31(17-9-6-10-30-20(17)14-7-4-3-5-8-14)18-12-16-15(11-19(18)32-2)13-33-21(16,22(24,25)26)23(27,28)29/h3-5,7-8,11-12,17,20,30H,6,9-10,13H2,1-2H3/t17-,20-/m0/s1. The molecule has 2 atom stereocenters. The molecule has 0 aliphatic carbocycles. The first-order valence-corrected chi connectivity index (χ1v) is 10.5. The average Bonchev–Trinajstić information content (AvgIpc) is 3.18. The summed E-state index contributed by atoms with van der Waals surface area (Å²) in [5.74, 6) is 0.192. The van der Waals surface area contributed by atoms with E-state index < -0.39 is 30.1 Å². The predicted molar refractivity (Wildman–Crippen MR) is 110 cm³/mol. The highest BCUT2D eigenvalue weighted by Gasteiger charge is 2.75. The molecule has 0 aromatic heterocycles. The van der Waals surface area contributed by atoms with Crippen LogP contribution in [-0.2, 0) is 16.9 Å². The molecule has 0 saturated carbocycles. The Hall–Kier alpha value is -2.46. The van der Waals surface area contributed by atoms with Crippen LogP contribution < -0.4 is 15.0 Å². The lowest BCUT2D eigenvalue weighted by atomic mass is 9.88. The lowest BCUT2D eigenvalue weighted by molar-refractivity contribution is -0.385. The van der Waals surface area contributed by atoms with Gasteiger partial charge in [0.25, 0.3) is 5.60 Å². The molecule has 4 nitrogen and oxygen atoms in total. The zero-order valence-corrected chi connectivity index (χ0v) is 18.1. The van der Waals surface area contributed by atoms with Gasteiger partial charge in [-0.3, -0.25) is 0 Å². The monoisotopic (exact) mass is 474 g/mol. The molecule has 0 unspecified atom stereocenters. The second-order valence-electron chi connectivity index (χ2n) is 8.31. The number of ether oxygens (including phenoxy) is 2. The lowest BCUT2D eigenvalue weighted by Crippen LogP contribution is -2.54. The number of halogens is 6. The van der Waals surface area contributed by atoms with Crippen LogP contribution in [0.2, 0.25) is 0 Å². The van der Waals surface area contributed by atoms with E-state index in [9.17, 15) is 26.3 Å². The maximum atomic E-state index is 13.8. The summed E-state index contributed by atoms with van der Waals surface area (Å²) in [4.78, 5) is 1.71.